The van der Waals surface area contributed by atoms with Gasteiger partial charge in [0.25, 0.3) is 0 Å². The molecule has 0 aliphatic rings. The van der Waals surface area contributed by atoms with E-state index < -0.39 is 0 Å². The zero-order valence-electron chi connectivity index (χ0n) is 17.4. The highest BCUT2D eigenvalue weighted by Crippen LogP contribution is 2.35. The summed E-state index contributed by atoms with van der Waals surface area (Å²) in [5, 5.41) is 5.46. The number of hydrogen-bond acceptors (Lipinski definition) is 4. The molecule has 3 aromatic heterocycles. The molecule has 0 radical (unpaired) electrons. The van der Waals surface area contributed by atoms with E-state index >= 15 is 0 Å². The molecule has 3 heterocycles. The number of thiophene rings is 1. The minimum Gasteiger partial charge on any atom is -0.497 e. The number of aromatic nitrogens is 2. The molecule has 1 atom stereocenters. The molecule has 0 spiro atoms. The molecule has 0 saturated heterocycles. The Bertz CT molecular complexity index is 1100. The summed E-state index contributed by atoms with van der Waals surface area (Å²) < 4.78 is 7.88. The maximum Gasteiger partial charge on any atom is 0.119 e. The van der Waals surface area contributed by atoms with Crippen molar-refractivity contribution in [1.82, 2.24) is 14.5 Å². The number of rotatable bonds is 7. The van der Waals surface area contributed by atoms with Gasteiger partial charge in [-0.2, -0.15) is 11.3 Å². The first-order chi connectivity index (χ1) is 14.0. The van der Waals surface area contributed by atoms with Gasteiger partial charge in [-0.3, -0.25) is 4.98 Å². The summed E-state index contributed by atoms with van der Waals surface area (Å²) in [5.41, 5.74) is 5.91. The van der Waals surface area contributed by atoms with Crippen LogP contribution in [0.1, 0.15) is 6.92 Å². The summed E-state index contributed by atoms with van der Waals surface area (Å²) in [6.45, 7) is 4.33. The minimum absolute atomic E-state index is 0.547. The first-order valence-electron chi connectivity index (χ1n) is 9.84. The zero-order valence-corrected chi connectivity index (χ0v) is 18.2. The van der Waals surface area contributed by atoms with Crippen molar-refractivity contribution in [2.45, 2.75) is 13.5 Å². The molecule has 4 aromatic rings. The van der Waals surface area contributed by atoms with Crippen LogP contribution in [-0.4, -0.2) is 42.2 Å². The SMILES string of the molecule is COc1ccc2c(c1)c(-c1cncc(-c3ccsc3)c1)cn2CC(C)CN(C)C. The molecule has 1 aromatic carbocycles. The van der Waals surface area contributed by atoms with Crippen molar-refractivity contribution in [3.63, 3.8) is 0 Å². The zero-order chi connectivity index (χ0) is 20.4. The summed E-state index contributed by atoms with van der Waals surface area (Å²) in [6, 6.07) is 10.7. The first kappa shape index (κ1) is 19.7. The van der Waals surface area contributed by atoms with E-state index in [9.17, 15) is 0 Å². The number of nitrogens with zero attached hydrogens (tertiary/aromatic N) is 3. The van der Waals surface area contributed by atoms with Crippen LogP contribution < -0.4 is 4.74 Å². The van der Waals surface area contributed by atoms with E-state index in [0.717, 1.165) is 30.0 Å². The summed E-state index contributed by atoms with van der Waals surface area (Å²) in [4.78, 5) is 6.78. The largest absolute Gasteiger partial charge is 0.497 e. The molecule has 0 amide bonds. The second-order valence-electron chi connectivity index (χ2n) is 7.92. The van der Waals surface area contributed by atoms with E-state index in [-0.39, 0.29) is 0 Å². The van der Waals surface area contributed by atoms with Crippen LogP contribution >= 0.6 is 11.3 Å². The van der Waals surface area contributed by atoms with Gasteiger partial charge in [-0.1, -0.05) is 6.92 Å². The van der Waals surface area contributed by atoms with Crippen molar-refractivity contribution in [1.29, 1.82) is 0 Å². The van der Waals surface area contributed by atoms with Gasteiger partial charge in [0.1, 0.15) is 5.75 Å². The van der Waals surface area contributed by atoms with Crippen LogP contribution in [0.15, 0.2) is 59.7 Å². The van der Waals surface area contributed by atoms with Gasteiger partial charge in [0.15, 0.2) is 0 Å². The number of benzene rings is 1. The van der Waals surface area contributed by atoms with Gasteiger partial charge in [0.2, 0.25) is 0 Å². The van der Waals surface area contributed by atoms with Crippen LogP contribution in [0.25, 0.3) is 33.2 Å². The van der Waals surface area contributed by atoms with Gasteiger partial charge < -0.3 is 14.2 Å². The molecule has 4 nitrogen and oxygen atoms in total. The molecule has 29 heavy (non-hydrogen) atoms. The highest BCUT2D eigenvalue weighted by Gasteiger charge is 2.15. The van der Waals surface area contributed by atoms with Crippen molar-refractivity contribution in [2.24, 2.45) is 5.92 Å². The Labute approximate surface area is 176 Å². The van der Waals surface area contributed by atoms with Gasteiger partial charge in [-0.25, -0.2) is 0 Å². The van der Waals surface area contributed by atoms with Crippen molar-refractivity contribution >= 4 is 22.2 Å². The average Bonchev–Trinajstić information content (AvgIpc) is 3.36. The fraction of sp³-hybridized carbons (Fsp3) is 0.292. The van der Waals surface area contributed by atoms with E-state index in [0.29, 0.717) is 5.92 Å². The number of pyridine rings is 1. The molecule has 150 valence electrons. The second kappa shape index (κ2) is 8.39. The van der Waals surface area contributed by atoms with Crippen molar-refractivity contribution in [2.75, 3.05) is 27.7 Å². The van der Waals surface area contributed by atoms with Crippen LogP contribution in [0.5, 0.6) is 5.75 Å². The predicted molar refractivity (Wildman–Crippen MR) is 123 cm³/mol. The third kappa shape index (κ3) is 4.21. The molecular weight excluding hydrogens is 378 g/mol. The molecule has 0 bridgehead atoms. The Morgan fingerprint density at radius 1 is 1.10 bits per heavy atom. The number of ether oxygens (including phenoxy) is 1. The normalized spacial score (nSPS) is 12.6. The second-order valence-corrected chi connectivity index (χ2v) is 8.70. The van der Waals surface area contributed by atoms with E-state index in [1.165, 1.54) is 22.0 Å². The maximum atomic E-state index is 5.51. The van der Waals surface area contributed by atoms with Crippen LogP contribution in [0.3, 0.4) is 0 Å². The van der Waals surface area contributed by atoms with Crippen LogP contribution in [0.4, 0.5) is 0 Å². The third-order valence-corrected chi connectivity index (χ3v) is 5.86. The number of hydrogen-bond donors (Lipinski definition) is 0. The number of methoxy groups -OCH3 is 1. The van der Waals surface area contributed by atoms with Gasteiger partial charge in [-0.15, -0.1) is 0 Å². The third-order valence-electron chi connectivity index (χ3n) is 5.18. The van der Waals surface area contributed by atoms with E-state index in [4.69, 9.17) is 4.74 Å². The first-order valence-corrected chi connectivity index (χ1v) is 10.8. The van der Waals surface area contributed by atoms with E-state index in [1.807, 2.05) is 18.5 Å². The Morgan fingerprint density at radius 3 is 2.66 bits per heavy atom. The van der Waals surface area contributed by atoms with Gasteiger partial charge >= 0.3 is 0 Å². The van der Waals surface area contributed by atoms with Gasteiger partial charge in [0.05, 0.1) is 7.11 Å². The van der Waals surface area contributed by atoms with E-state index in [1.54, 1.807) is 18.4 Å². The molecule has 4 rings (SSSR count). The smallest absolute Gasteiger partial charge is 0.119 e. The average molecular weight is 406 g/mol. The van der Waals surface area contributed by atoms with E-state index in [2.05, 4.69) is 76.7 Å². The van der Waals surface area contributed by atoms with Gasteiger partial charge in [0, 0.05) is 59.3 Å². The number of fused-ring (bicyclic) bond motifs is 1. The molecule has 0 N–H and O–H groups in total. The predicted octanol–water partition coefficient (Wildman–Crippen LogP) is 5.64. The monoisotopic (exact) mass is 405 g/mol. The Hall–Kier alpha value is -2.63. The van der Waals surface area contributed by atoms with Crippen LogP contribution in [0.2, 0.25) is 0 Å². The van der Waals surface area contributed by atoms with Crippen molar-refractivity contribution in [3.05, 3.63) is 59.7 Å². The fourth-order valence-electron chi connectivity index (χ4n) is 3.98. The summed E-state index contributed by atoms with van der Waals surface area (Å²) >= 11 is 1.71. The Kier molecular flexibility index (Phi) is 5.69. The molecule has 0 aliphatic heterocycles. The Morgan fingerprint density at radius 2 is 1.93 bits per heavy atom. The highest BCUT2D eigenvalue weighted by molar-refractivity contribution is 7.08. The van der Waals surface area contributed by atoms with Crippen molar-refractivity contribution < 1.29 is 4.74 Å². The Balaban J connectivity index is 1.80. The van der Waals surface area contributed by atoms with Crippen LogP contribution in [-0.2, 0) is 6.54 Å². The lowest BCUT2D eigenvalue weighted by molar-refractivity contribution is 0.318. The van der Waals surface area contributed by atoms with Crippen LogP contribution in [0, 0.1) is 5.92 Å². The molecule has 0 aliphatic carbocycles. The minimum atomic E-state index is 0.547. The topological polar surface area (TPSA) is 30.3 Å². The maximum absolute atomic E-state index is 5.51. The fourth-order valence-corrected chi connectivity index (χ4v) is 4.64. The molecule has 0 fully saturated rings. The lowest BCUT2D eigenvalue weighted by atomic mass is 10.0. The quantitative estimate of drug-likeness (QED) is 0.399. The summed E-state index contributed by atoms with van der Waals surface area (Å²) in [6.07, 6.45) is 6.16. The molecular formula is C24H27N3OS. The molecule has 1 unspecified atom stereocenters. The van der Waals surface area contributed by atoms with Gasteiger partial charge in [-0.05, 0) is 66.7 Å². The summed E-state index contributed by atoms with van der Waals surface area (Å²) in [7, 11) is 5.97. The lowest BCUT2D eigenvalue weighted by Crippen LogP contribution is -2.22. The van der Waals surface area contributed by atoms with Crippen molar-refractivity contribution in [3.8, 4) is 28.0 Å². The highest BCUT2D eigenvalue weighted by atomic mass is 32.1. The molecule has 5 heteroatoms. The molecule has 0 saturated carbocycles. The standard InChI is InChI=1S/C24H27N3OS/c1-17(13-26(2)3)14-27-15-23(22-10-21(28-4)5-6-24(22)27)20-9-19(11-25-12-20)18-7-8-29-16-18/h5-12,15-17H,13-14H2,1-4H3. The lowest BCUT2D eigenvalue weighted by Gasteiger charge is -2.18. The summed E-state index contributed by atoms with van der Waals surface area (Å²) in [5.74, 6) is 1.42.